The van der Waals surface area contributed by atoms with E-state index in [4.69, 9.17) is 5.73 Å². The van der Waals surface area contributed by atoms with Crippen molar-refractivity contribution in [1.82, 2.24) is 10.2 Å². The Balaban J connectivity index is 2.42. The Morgan fingerprint density at radius 2 is 2.11 bits per heavy atom. The van der Waals surface area contributed by atoms with E-state index in [1.165, 1.54) is 25.7 Å². The van der Waals surface area contributed by atoms with Crippen LogP contribution in [0.4, 0.5) is 0 Å². The molecule has 3 atom stereocenters. The van der Waals surface area contributed by atoms with E-state index in [-0.39, 0.29) is 11.9 Å². The number of nitrogens with two attached hydrogens (primary N) is 1. The van der Waals surface area contributed by atoms with Gasteiger partial charge in [0.15, 0.2) is 0 Å². The zero-order valence-corrected chi connectivity index (χ0v) is 12.1. The number of carbonyl (C=O) groups is 1. The summed E-state index contributed by atoms with van der Waals surface area (Å²) in [4.78, 5) is 14.1. The number of amides is 1. The predicted octanol–water partition coefficient (Wildman–Crippen LogP) is 1.35. The molecule has 0 heterocycles. The van der Waals surface area contributed by atoms with Crippen LogP contribution in [-0.4, -0.2) is 43.0 Å². The molecule has 0 bridgehead atoms. The monoisotopic (exact) mass is 255 g/mol. The summed E-state index contributed by atoms with van der Waals surface area (Å²) in [7, 11) is 2.05. The van der Waals surface area contributed by atoms with Gasteiger partial charge in [-0.3, -0.25) is 9.69 Å². The molecule has 106 valence electrons. The van der Waals surface area contributed by atoms with E-state index in [0.29, 0.717) is 18.5 Å². The van der Waals surface area contributed by atoms with Crippen molar-refractivity contribution in [2.45, 2.75) is 58.0 Å². The SMILES string of the molecule is CCC(C)NC(=O)CN(C)C1CCCCC1CN. The lowest BCUT2D eigenvalue weighted by molar-refractivity contribution is -0.123. The Labute approximate surface area is 111 Å². The second kappa shape index (κ2) is 7.74. The van der Waals surface area contributed by atoms with Crippen LogP contribution in [-0.2, 0) is 4.79 Å². The highest BCUT2D eigenvalue weighted by Gasteiger charge is 2.28. The third kappa shape index (κ3) is 4.58. The van der Waals surface area contributed by atoms with Crippen molar-refractivity contribution in [3.8, 4) is 0 Å². The van der Waals surface area contributed by atoms with Gasteiger partial charge < -0.3 is 11.1 Å². The van der Waals surface area contributed by atoms with Crippen molar-refractivity contribution in [2.24, 2.45) is 11.7 Å². The lowest BCUT2D eigenvalue weighted by Gasteiger charge is -2.37. The van der Waals surface area contributed by atoms with Crippen LogP contribution in [0.15, 0.2) is 0 Å². The molecule has 0 saturated heterocycles. The number of nitrogens with one attached hydrogen (secondary N) is 1. The largest absolute Gasteiger partial charge is 0.353 e. The van der Waals surface area contributed by atoms with Crippen LogP contribution in [0.2, 0.25) is 0 Å². The second-order valence-electron chi connectivity index (χ2n) is 5.64. The standard InChI is InChI=1S/C14H29N3O/c1-4-11(2)16-14(18)10-17(3)13-8-6-5-7-12(13)9-15/h11-13H,4-10,15H2,1-3H3,(H,16,18). The van der Waals surface area contributed by atoms with Crippen LogP contribution < -0.4 is 11.1 Å². The Bertz CT molecular complexity index is 257. The van der Waals surface area contributed by atoms with Crippen LogP contribution in [0.3, 0.4) is 0 Å². The molecule has 0 aromatic heterocycles. The number of rotatable bonds is 6. The van der Waals surface area contributed by atoms with Crippen LogP contribution in [0.1, 0.15) is 46.0 Å². The summed E-state index contributed by atoms with van der Waals surface area (Å²) >= 11 is 0. The summed E-state index contributed by atoms with van der Waals surface area (Å²) in [6.45, 7) is 5.36. The van der Waals surface area contributed by atoms with Crippen LogP contribution in [0.25, 0.3) is 0 Å². The molecule has 0 spiro atoms. The lowest BCUT2D eigenvalue weighted by Crippen LogP contribution is -2.48. The molecule has 1 aliphatic carbocycles. The van der Waals surface area contributed by atoms with Crippen LogP contribution >= 0.6 is 0 Å². The summed E-state index contributed by atoms with van der Waals surface area (Å²) in [5.74, 6) is 0.688. The van der Waals surface area contributed by atoms with Crippen molar-refractivity contribution in [3.63, 3.8) is 0 Å². The maximum absolute atomic E-state index is 11.9. The Hall–Kier alpha value is -0.610. The van der Waals surface area contributed by atoms with Crippen molar-refractivity contribution in [3.05, 3.63) is 0 Å². The van der Waals surface area contributed by atoms with E-state index >= 15 is 0 Å². The minimum atomic E-state index is 0.133. The average Bonchev–Trinajstić information content (AvgIpc) is 2.38. The first-order valence-electron chi connectivity index (χ1n) is 7.28. The molecule has 4 heteroatoms. The highest BCUT2D eigenvalue weighted by Crippen LogP contribution is 2.26. The van der Waals surface area contributed by atoms with Crippen molar-refractivity contribution in [2.75, 3.05) is 20.1 Å². The Morgan fingerprint density at radius 1 is 1.44 bits per heavy atom. The van der Waals surface area contributed by atoms with E-state index in [0.717, 1.165) is 13.0 Å². The summed E-state index contributed by atoms with van der Waals surface area (Å²) < 4.78 is 0. The molecule has 18 heavy (non-hydrogen) atoms. The lowest BCUT2D eigenvalue weighted by atomic mass is 9.84. The number of hydrogen-bond donors (Lipinski definition) is 2. The molecular weight excluding hydrogens is 226 g/mol. The van der Waals surface area contributed by atoms with E-state index in [1.54, 1.807) is 0 Å². The third-order valence-electron chi connectivity index (χ3n) is 4.15. The number of likely N-dealkylation sites (N-methyl/N-ethyl adjacent to an activating group) is 1. The van der Waals surface area contributed by atoms with Crippen molar-refractivity contribution >= 4 is 5.91 Å². The van der Waals surface area contributed by atoms with Gasteiger partial charge in [-0.25, -0.2) is 0 Å². The van der Waals surface area contributed by atoms with Gasteiger partial charge >= 0.3 is 0 Å². The molecule has 3 N–H and O–H groups in total. The van der Waals surface area contributed by atoms with E-state index in [1.807, 2.05) is 6.92 Å². The third-order valence-corrected chi connectivity index (χ3v) is 4.15. The zero-order valence-electron chi connectivity index (χ0n) is 12.1. The maximum Gasteiger partial charge on any atom is 0.234 e. The zero-order chi connectivity index (χ0) is 13.5. The summed E-state index contributed by atoms with van der Waals surface area (Å²) in [5, 5.41) is 3.02. The average molecular weight is 255 g/mol. The highest BCUT2D eigenvalue weighted by atomic mass is 16.2. The van der Waals surface area contributed by atoms with Gasteiger partial charge in [-0.15, -0.1) is 0 Å². The molecule has 0 aromatic rings. The minimum absolute atomic E-state index is 0.133. The predicted molar refractivity (Wildman–Crippen MR) is 75.3 cm³/mol. The van der Waals surface area contributed by atoms with Crippen LogP contribution in [0.5, 0.6) is 0 Å². The molecule has 1 saturated carbocycles. The number of hydrogen-bond acceptors (Lipinski definition) is 3. The fourth-order valence-electron chi connectivity index (χ4n) is 2.81. The summed E-state index contributed by atoms with van der Waals surface area (Å²) in [5.41, 5.74) is 5.84. The van der Waals surface area contributed by atoms with Crippen LogP contribution in [0, 0.1) is 5.92 Å². The molecule has 0 aromatic carbocycles. The van der Waals surface area contributed by atoms with Crippen molar-refractivity contribution in [1.29, 1.82) is 0 Å². The van der Waals surface area contributed by atoms with Gasteiger partial charge in [0.2, 0.25) is 5.91 Å². The molecule has 4 nitrogen and oxygen atoms in total. The molecule has 1 aliphatic rings. The number of carbonyl (C=O) groups excluding carboxylic acids is 1. The van der Waals surface area contributed by atoms with E-state index < -0.39 is 0 Å². The quantitative estimate of drug-likeness (QED) is 0.753. The summed E-state index contributed by atoms with van der Waals surface area (Å²) in [6, 6.07) is 0.744. The second-order valence-corrected chi connectivity index (χ2v) is 5.64. The molecule has 1 rings (SSSR count). The van der Waals surface area contributed by atoms with E-state index in [9.17, 15) is 4.79 Å². The van der Waals surface area contributed by atoms with Crippen molar-refractivity contribution < 1.29 is 4.79 Å². The van der Waals surface area contributed by atoms with Gasteiger partial charge in [0.25, 0.3) is 0 Å². The topological polar surface area (TPSA) is 58.4 Å². The normalized spacial score (nSPS) is 26.1. The number of nitrogens with zero attached hydrogens (tertiary/aromatic N) is 1. The van der Waals surface area contributed by atoms with Gasteiger partial charge in [-0.05, 0) is 45.7 Å². The first-order chi connectivity index (χ1) is 8.58. The van der Waals surface area contributed by atoms with E-state index in [2.05, 4.69) is 24.2 Å². The maximum atomic E-state index is 11.9. The molecule has 1 fully saturated rings. The highest BCUT2D eigenvalue weighted by molar-refractivity contribution is 5.78. The first kappa shape index (κ1) is 15.4. The first-order valence-corrected chi connectivity index (χ1v) is 7.28. The molecule has 0 radical (unpaired) electrons. The molecule has 1 amide bonds. The molecule has 3 unspecified atom stereocenters. The molecular formula is C14H29N3O. The van der Waals surface area contributed by atoms with Gasteiger partial charge in [0.05, 0.1) is 6.54 Å². The van der Waals surface area contributed by atoms with Gasteiger partial charge in [0.1, 0.15) is 0 Å². The minimum Gasteiger partial charge on any atom is -0.353 e. The smallest absolute Gasteiger partial charge is 0.234 e. The summed E-state index contributed by atoms with van der Waals surface area (Å²) in [6.07, 6.45) is 5.90. The fraction of sp³-hybridized carbons (Fsp3) is 0.929. The Kier molecular flexibility index (Phi) is 6.65. The molecule has 0 aliphatic heterocycles. The Morgan fingerprint density at radius 3 is 2.72 bits per heavy atom. The van der Waals surface area contributed by atoms with Gasteiger partial charge in [0, 0.05) is 12.1 Å². The fourth-order valence-corrected chi connectivity index (χ4v) is 2.81. The van der Waals surface area contributed by atoms with Gasteiger partial charge in [-0.2, -0.15) is 0 Å². The van der Waals surface area contributed by atoms with Gasteiger partial charge in [-0.1, -0.05) is 19.8 Å².